The van der Waals surface area contributed by atoms with Gasteiger partial charge < -0.3 is 5.11 Å². The van der Waals surface area contributed by atoms with Gasteiger partial charge in [-0.05, 0) is 25.7 Å². The van der Waals surface area contributed by atoms with Crippen molar-refractivity contribution >= 4 is 18.4 Å². The van der Waals surface area contributed by atoms with Crippen LogP contribution in [0.1, 0.15) is 25.7 Å². The molecule has 0 unspecified atom stereocenters. The zero-order valence-electron chi connectivity index (χ0n) is 7.38. The Kier molecular flexibility index (Phi) is 4.71. The minimum absolute atomic E-state index is 0. The number of carbonyl (C=O) groups is 1. The molecule has 0 aromatic rings. The second kappa shape index (κ2) is 4.87. The highest BCUT2D eigenvalue weighted by Crippen LogP contribution is 2.39. The van der Waals surface area contributed by atoms with Crippen molar-refractivity contribution in [3.63, 3.8) is 0 Å². The topological polar surface area (TPSA) is 37.3 Å². The van der Waals surface area contributed by atoms with Crippen molar-refractivity contribution in [2.45, 2.75) is 31.9 Å². The fourth-order valence-electron chi connectivity index (χ4n) is 1.67. The highest BCUT2D eigenvalue weighted by Gasteiger charge is 2.42. The van der Waals surface area contributed by atoms with Crippen LogP contribution in [-0.4, -0.2) is 17.3 Å². The molecule has 84 valence electrons. The van der Waals surface area contributed by atoms with Crippen molar-refractivity contribution in [2.24, 2.45) is 11.8 Å². The lowest BCUT2D eigenvalue weighted by atomic mass is 9.82. The maximum absolute atomic E-state index is 12.1. The van der Waals surface area contributed by atoms with Crippen molar-refractivity contribution in [1.29, 1.82) is 0 Å². The fourth-order valence-corrected chi connectivity index (χ4v) is 1.67. The Labute approximate surface area is 85.9 Å². The largest absolute Gasteiger partial charge is 0.481 e. The van der Waals surface area contributed by atoms with Crippen molar-refractivity contribution in [3.8, 4) is 0 Å². The molecule has 1 aliphatic rings. The van der Waals surface area contributed by atoms with Crippen molar-refractivity contribution in [3.05, 3.63) is 0 Å². The van der Waals surface area contributed by atoms with Gasteiger partial charge in [0, 0.05) is 0 Å². The maximum Gasteiger partial charge on any atom is 0.391 e. The molecule has 0 radical (unpaired) electrons. The average molecular weight is 233 g/mol. The first-order valence-electron chi connectivity index (χ1n) is 4.21. The van der Waals surface area contributed by atoms with Gasteiger partial charge in [-0.25, -0.2) is 0 Å². The van der Waals surface area contributed by atoms with E-state index in [9.17, 15) is 18.0 Å². The summed E-state index contributed by atoms with van der Waals surface area (Å²) in [5, 5.41) is 8.55. The third-order valence-corrected chi connectivity index (χ3v) is 2.54. The van der Waals surface area contributed by atoms with Gasteiger partial charge in [-0.1, -0.05) is 0 Å². The van der Waals surface area contributed by atoms with E-state index in [0.29, 0.717) is 0 Å². The molecule has 1 aliphatic carbocycles. The zero-order valence-corrected chi connectivity index (χ0v) is 8.20. The lowest BCUT2D eigenvalue weighted by Crippen LogP contribution is -2.30. The first-order valence-corrected chi connectivity index (χ1v) is 4.21. The van der Waals surface area contributed by atoms with E-state index < -0.39 is 24.0 Å². The third-order valence-electron chi connectivity index (χ3n) is 2.54. The van der Waals surface area contributed by atoms with E-state index in [0.717, 1.165) is 0 Å². The van der Waals surface area contributed by atoms with Crippen molar-refractivity contribution in [1.82, 2.24) is 0 Å². The Morgan fingerprint density at radius 1 is 1.14 bits per heavy atom. The van der Waals surface area contributed by atoms with E-state index >= 15 is 0 Å². The van der Waals surface area contributed by atoms with Gasteiger partial charge in [-0.3, -0.25) is 4.79 Å². The molecule has 14 heavy (non-hydrogen) atoms. The van der Waals surface area contributed by atoms with E-state index in [1.807, 2.05) is 0 Å². The van der Waals surface area contributed by atoms with E-state index in [-0.39, 0.29) is 38.1 Å². The molecule has 1 rings (SSSR count). The minimum Gasteiger partial charge on any atom is -0.481 e. The molecule has 0 heterocycles. The summed E-state index contributed by atoms with van der Waals surface area (Å²) in [5.74, 6) is -2.83. The molecule has 1 saturated carbocycles. The van der Waals surface area contributed by atoms with Crippen LogP contribution in [0.2, 0.25) is 0 Å². The summed E-state index contributed by atoms with van der Waals surface area (Å²) in [6, 6.07) is 0. The summed E-state index contributed by atoms with van der Waals surface area (Å²) in [4.78, 5) is 10.4. The van der Waals surface area contributed by atoms with Crippen LogP contribution >= 0.6 is 12.4 Å². The number of hydrogen-bond donors (Lipinski definition) is 1. The Morgan fingerprint density at radius 2 is 1.57 bits per heavy atom. The van der Waals surface area contributed by atoms with Crippen LogP contribution in [0.15, 0.2) is 0 Å². The quantitative estimate of drug-likeness (QED) is 0.755. The number of rotatable bonds is 1. The molecule has 1 fully saturated rings. The minimum atomic E-state index is -4.15. The average Bonchev–Trinajstić information content (AvgIpc) is 2.03. The summed E-state index contributed by atoms with van der Waals surface area (Å²) in [6.45, 7) is 0. The molecular weight excluding hydrogens is 221 g/mol. The second-order valence-electron chi connectivity index (χ2n) is 3.43. The lowest BCUT2D eigenvalue weighted by molar-refractivity contribution is -0.186. The molecule has 0 aliphatic heterocycles. The van der Waals surface area contributed by atoms with Gasteiger partial charge in [0.2, 0.25) is 0 Å². The monoisotopic (exact) mass is 232 g/mol. The smallest absolute Gasteiger partial charge is 0.391 e. The van der Waals surface area contributed by atoms with E-state index in [1.54, 1.807) is 0 Å². The maximum atomic E-state index is 12.1. The van der Waals surface area contributed by atoms with E-state index in [4.69, 9.17) is 5.11 Å². The van der Waals surface area contributed by atoms with Crippen LogP contribution in [0.25, 0.3) is 0 Å². The molecule has 6 heteroatoms. The predicted molar refractivity (Wildman–Crippen MR) is 46.4 cm³/mol. The third kappa shape index (κ3) is 3.36. The molecule has 0 aromatic heterocycles. The lowest BCUT2D eigenvalue weighted by Gasteiger charge is -2.27. The van der Waals surface area contributed by atoms with Crippen LogP contribution in [0.4, 0.5) is 13.2 Å². The summed E-state index contributed by atoms with van der Waals surface area (Å²) < 4.78 is 36.4. The molecule has 0 spiro atoms. The van der Waals surface area contributed by atoms with E-state index in [1.165, 1.54) is 0 Å². The van der Waals surface area contributed by atoms with Crippen molar-refractivity contribution in [2.75, 3.05) is 0 Å². The molecule has 1 N–H and O–H groups in total. The number of aliphatic carboxylic acids is 1. The summed E-state index contributed by atoms with van der Waals surface area (Å²) in [7, 11) is 0. The van der Waals surface area contributed by atoms with Gasteiger partial charge in [-0.15, -0.1) is 12.4 Å². The second-order valence-corrected chi connectivity index (χ2v) is 3.43. The molecule has 0 amide bonds. The summed E-state index contributed by atoms with van der Waals surface area (Å²) in [5.41, 5.74) is 0. The van der Waals surface area contributed by atoms with Crippen LogP contribution in [0.3, 0.4) is 0 Å². The fraction of sp³-hybridized carbons (Fsp3) is 0.875. The number of carboxylic acid groups (broad SMARTS) is 1. The normalized spacial score (nSPS) is 27.9. The molecule has 2 nitrogen and oxygen atoms in total. The molecule has 0 saturated heterocycles. The summed E-state index contributed by atoms with van der Waals surface area (Å²) in [6.07, 6.45) is -3.93. The van der Waals surface area contributed by atoms with Crippen molar-refractivity contribution < 1.29 is 23.1 Å². The predicted octanol–water partition coefficient (Wildman–Crippen LogP) is 2.86. The zero-order chi connectivity index (χ0) is 10.1. The van der Waals surface area contributed by atoms with Gasteiger partial charge >= 0.3 is 12.1 Å². The Bertz CT molecular complexity index is 197. The number of hydrogen-bond acceptors (Lipinski definition) is 1. The first-order chi connectivity index (χ1) is 5.91. The SMILES string of the molecule is Cl.O=C(O)C1CCC(C(F)(F)F)CC1. The van der Waals surface area contributed by atoms with Gasteiger partial charge in [-0.2, -0.15) is 13.2 Å². The molecule has 0 bridgehead atoms. The van der Waals surface area contributed by atoms with E-state index in [2.05, 4.69) is 0 Å². The highest BCUT2D eigenvalue weighted by molar-refractivity contribution is 5.85. The highest BCUT2D eigenvalue weighted by atomic mass is 35.5. The number of halogens is 4. The Balaban J connectivity index is 0.00000169. The summed E-state index contributed by atoms with van der Waals surface area (Å²) >= 11 is 0. The molecule has 0 atom stereocenters. The van der Waals surface area contributed by atoms with Gasteiger partial charge in [0.25, 0.3) is 0 Å². The first kappa shape index (κ1) is 13.5. The van der Waals surface area contributed by atoms with Crippen LogP contribution in [0, 0.1) is 11.8 Å². The molecule has 0 aromatic carbocycles. The number of carboxylic acids is 1. The van der Waals surface area contributed by atoms with Crippen LogP contribution in [0.5, 0.6) is 0 Å². The van der Waals surface area contributed by atoms with Gasteiger partial charge in [0.1, 0.15) is 0 Å². The Morgan fingerprint density at radius 3 is 1.86 bits per heavy atom. The Hall–Kier alpha value is -0.450. The molecular formula is C8H12ClF3O2. The standard InChI is InChI=1S/C8H11F3O2.ClH/c9-8(10,11)6-3-1-5(2-4-6)7(12)13;/h5-6H,1-4H2,(H,12,13);1H. The van der Waals surface area contributed by atoms with Crippen LogP contribution in [-0.2, 0) is 4.79 Å². The van der Waals surface area contributed by atoms with Gasteiger partial charge in [0.15, 0.2) is 0 Å². The number of alkyl halides is 3. The van der Waals surface area contributed by atoms with Crippen LogP contribution < -0.4 is 0 Å². The van der Waals surface area contributed by atoms with Gasteiger partial charge in [0.05, 0.1) is 11.8 Å².